The molecule has 1 aliphatic rings. The molecule has 1 amide bonds. The average molecular weight is 522 g/mol. The van der Waals surface area contributed by atoms with E-state index in [1.807, 2.05) is 20.8 Å². The second kappa shape index (κ2) is 10.3. The van der Waals surface area contributed by atoms with Crippen molar-refractivity contribution in [3.05, 3.63) is 58.4 Å². The van der Waals surface area contributed by atoms with Crippen LogP contribution in [-0.2, 0) is 16.8 Å². The molecule has 0 radical (unpaired) electrons. The number of nitrogens with one attached hydrogen (secondary N) is 1. The number of amidine groups is 1. The quantitative estimate of drug-likeness (QED) is 0.357. The number of amides is 1. The number of benzene rings is 2. The Balaban J connectivity index is 0.00000385. The maximum Gasteiger partial charge on any atom is 0.217 e. The number of hydrogen-bond acceptors (Lipinski definition) is 5. The van der Waals surface area contributed by atoms with Crippen LogP contribution in [-0.4, -0.2) is 40.7 Å². The van der Waals surface area contributed by atoms with Gasteiger partial charge in [0.1, 0.15) is 11.7 Å². The first-order valence-electron chi connectivity index (χ1n) is 10.4. The molecule has 0 spiro atoms. The average Bonchev–Trinajstić information content (AvgIpc) is 3.00. The van der Waals surface area contributed by atoms with Crippen LogP contribution in [0.5, 0.6) is 11.5 Å². The van der Waals surface area contributed by atoms with Gasteiger partial charge < -0.3 is 20.5 Å². The molecule has 9 heteroatoms. The summed E-state index contributed by atoms with van der Waals surface area (Å²) in [4.78, 5) is 25.6. The van der Waals surface area contributed by atoms with E-state index in [9.17, 15) is 19.1 Å². The zero-order valence-corrected chi connectivity index (χ0v) is 20.6. The Bertz CT molecular complexity index is 1080. The van der Waals surface area contributed by atoms with Gasteiger partial charge in [-0.3, -0.25) is 15.0 Å². The molecule has 0 aliphatic carbocycles. The number of halogens is 2. The zero-order valence-electron chi connectivity index (χ0n) is 18.9. The molecule has 3 rings (SSSR count). The van der Waals surface area contributed by atoms with Gasteiger partial charge in [0.15, 0.2) is 17.3 Å². The number of nitrogens with two attached hydrogens (primary N) is 1. The van der Waals surface area contributed by atoms with Crippen LogP contribution in [0, 0.1) is 11.2 Å². The highest BCUT2D eigenvalue weighted by molar-refractivity contribution is 8.93. The minimum absolute atomic E-state index is 0. The number of ketones is 1. The monoisotopic (exact) mass is 521 g/mol. The first kappa shape index (κ1) is 26.3. The van der Waals surface area contributed by atoms with Crippen LogP contribution in [0.15, 0.2) is 30.3 Å². The first-order valence-corrected chi connectivity index (χ1v) is 10.4. The fraction of sp³-hybridized carbons (Fsp3) is 0.375. The number of carbonyl (C=O) groups is 2. The van der Waals surface area contributed by atoms with Crippen molar-refractivity contribution in [3.8, 4) is 11.5 Å². The molecule has 2 aromatic rings. The summed E-state index contributed by atoms with van der Waals surface area (Å²) < 4.78 is 19.2. The van der Waals surface area contributed by atoms with Crippen molar-refractivity contribution >= 4 is 34.5 Å². The normalized spacial score (nSPS) is 12.8. The number of carbonyl (C=O) groups excluding carboxylic acids is 2. The summed E-state index contributed by atoms with van der Waals surface area (Å²) in [5.74, 6) is -0.905. The molecular formula is C24H29BrFN3O4. The van der Waals surface area contributed by atoms with Gasteiger partial charge in [0.25, 0.3) is 0 Å². The molecule has 0 unspecified atom stereocenters. The minimum Gasteiger partial charge on any atom is -0.504 e. The third kappa shape index (κ3) is 6.10. The molecule has 0 saturated carbocycles. The Hall–Kier alpha value is -2.94. The summed E-state index contributed by atoms with van der Waals surface area (Å²) >= 11 is 0. The Morgan fingerprint density at radius 1 is 1.24 bits per heavy atom. The molecule has 4 N–H and O–H groups in total. The van der Waals surface area contributed by atoms with E-state index in [-0.39, 0.29) is 59.7 Å². The van der Waals surface area contributed by atoms with Gasteiger partial charge in [0.05, 0.1) is 13.2 Å². The van der Waals surface area contributed by atoms with E-state index in [4.69, 9.17) is 15.9 Å². The Morgan fingerprint density at radius 2 is 1.94 bits per heavy atom. The van der Waals surface area contributed by atoms with Crippen molar-refractivity contribution in [1.29, 1.82) is 5.41 Å². The highest BCUT2D eigenvalue weighted by Crippen LogP contribution is 2.39. The van der Waals surface area contributed by atoms with Crippen molar-refractivity contribution in [1.82, 2.24) is 4.90 Å². The second-order valence-corrected chi connectivity index (χ2v) is 8.97. The van der Waals surface area contributed by atoms with Gasteiger partial charge >= 0.3 is 0 Å². The highest BCUT2D eigenvalue weighted by atomic mass is 79.9. The molecule has 0 atom stereocenters. The molecule has 1 heterocycles. The van der Waals surface area contributed by atoms with E-state index in [1.165, 1.54) is 18.2 Å². The van der Waals surface area contributed by atoms with Crippen LogP contribution >= 0.6 is 17.0 Å². The van der Waals surface area contributed by atoms with E-state index in [2.05, 4.69) is 0 Å². The predicted octanol–water partition coefficient (Wildman–Crippen LogP) is 4.07. The van der Waals surface area contributed by atoms with Crippen molar-refractivity contribution < 1.29 is 23.8 Å². The van der Waals surface area contributed by atoms with Crippen LogP contribution in [0.25, 0.3) is 0 Å². The van der Waals surface area contributed by atoms with Crippen molar-refractivity contribution in [2.45, 2.75) is 45.6 Å². The van der Waals surface area contributed by atoms with Crippen molar-refractivity contribution in [3.63, 3.8) is 0 Å². The standard InChI is InChI=1S/C24H28FN3O4.BrH/c1-24(2,3)18-9-15(10-20(22(18)31)32-8-4-5-21(26)30)19(29)13-28-12-14-6-7-16(25)11-17(14)23(28)27;/h6-7,9-11,27,31H,4-5,8,12-13H2,1-3H3,(H2,26,30);1H. The third-order valence-electron chi connectivity index (χ3n) is 5.37. The summed E-state index contributed by atoms with van der Waals surface area (Å²) in [6, 6.07) is 7.39. The molecule has 2 aromatic carbocycles. The van der Waals surface area contributed by atoms with E-state index < -0.39 is 17.1 Å². The summed E-state index contributed by atoms with van der Waals surface area (Å²) in [6.07, 6.45) is 0.543. The van der Waals surface area contributed by atoms with E-state index in [0.717, 1.165) is 5.56 Å². The van der Waals surface area contributed by atoms with Gasteiger partial charge in [-0.25, -0.2) is 4.39 Å². The molecule has 0 saturated heterocycles. The number of Topliss-reactive ketones (excluding diaryl/α,β-unsaturated/α-hetero) is 1. The highest BCUT2D eigenvalue weighted by Gasteiger charge is 2.28. The lowest BCUT2D eigenvalue weighted by Gasteiger charge is -2.24. The summed E-state index contributed by atoms with van der Waals surface area (Å²) in [5, 5.41) is 19.0. The number of primary amides is 1. The zero-order chi connectivity index (χ0) is 23.6. The lowest BCUT2D eigenvalue weighted by atomic mass is 9.84. The van der Waals surface area contributed by atoms with Gasteiger partial charge in [-0.05, 0) is 41.7 Å². The van der Waals surface area contributed by atoms with Gasteiger partial charge in [0, 0.05) is 29.7 Å². The number of rotatable bonds is 8. The molecule has 1 aliphatic heterocycles. The second-order valence-electron chi connectivity index (χ2n) is 8.97. The number of nitrogens with zero attached hydrogens (tertiary/aromatic N) is 1. The predicted molar refractivity (Wildman–Crippen MR) is 129 cm³/mol. The topological polar surface area (TPSA) is 117 Å². The Morgan fingerprint density at radius 3 is 2.58 bits per heavy atom. The molecule has 0 bridgehead atoms. The van der Waals surface area contributed by atoms with E-state index in [0.29, 0.717) is 29.7 Å². The van der Waals surface area contributed by atoms with Crippen LogP contribution in [0.3, 0.4) is 0 Å². The molecule has 7 nitrogen and oxygen atoms in total. The molecule has 33 heavy (non-hydrogen) atoms. The lowest BCUT2D eigenvalue weighted by molar-refractivity contribution is -0.118. The Labute approximate surface area is 203 Å². The van der Waals surface area contributed by atoms with Gasteiger partial charge in [-0.2, -0.15) is 0 Å². The molecule has 178 valence electrons. The fourth-order valence-corrected chi connectivity index (χ4v) is 3.64. The number of hydrogen-bond donors (Lipinski definition) is 3. The number of aromatic hydroxyl groups is 1. The minimum atomic E-state index is -0.459. The van der Waals surface area contributed by atoms with Gasteiger partial charge in [-0.15, -0.1) is 17.0 Å². The first-order chi connectivity index (χ1) is 15.0. The smallest absolute Gasteiger partial charge is 0.217 e. The number of phenols is 1. The van der Waals surface area contributed by atoms with Crippen molar-refractivity contribution in [2.75, 3.05) is 13.2 Å². The van der Waals surface area contributed by atoms with E-state index >= 15 is 0 Å². The molecule has 0 fully saturated rings. The van der Waals surface area contributed by atoms with E-state index in [1.54, 1.807) is 17.0 Å². The number of fused-ring (bicyclic) bond motifs is 1. The van der Waals surface area contributed by atoms with Crippen LogP contribution in [0.2, 0.25) is 0 Å². The van der Waals surface area contributed by atoms with Crippen LogP contribution in [0.4, 0.5) is 4.39 Å². The Kier molecular flexibility index (Phi) is 8.24. The lowest BCUT2D eigenvalue weighted by Crippen LogP contribution is -2.30. The number of phenolic OH excluding ortho intramolecular Hbond substituents is 1. The maximum atomic E-state index is 13.6. The molecule has 0 aromatic heterocycles. The SMILES string of the molecule is Br.CC(C)(C)c1cc(C(=O)CN2Cc3ccc(F)cc3C2=N)cc(OCCCC(N)=O)c1O. The fourth-order valence-electron chi connectivity index (χ4n) is 3.64. The third-order valence-corrected chi connectivity index (χ3v) is 5.37. The number of ether oxygens (including phenoxy) is 1. The summed E-state index contributed by atoms with van der Waals surface area (Å²) in [5.41, 5.74) is 6.86. The largest absolute Gasteiger partial charge is 0.504 e. The van der Waals surface area contributed by atoms with Crippen LogP contribution in [0.1, 0.15) is 60.7 Å². The van der Waals surface area contributed by atoms with Gasteiger partial charge in [-0.1, -0.05) is 26.8 Å². The van der Waals surface area contributed by atoms with Crippen molar-refractivity contribution in [2.24, 2.45) is 5.73 Å². The molecular weight excluding hydrogens is 493 g/mol. The summed E-state index contributed by atoms with van der Waals surface area (Å²) in [6.45, 7) is 6.18. The van der Waals surface area contributed by atoms with Crippen LogP contribution < -0.4 is 10.5 Å². The summed E-state index contributed by atoms with van der Waals surface area (Å²) in [7, 11) is 0. The van der Waals surface area contributed by atoms with Gasteiger partial charge in [0.2, 0.25) is 5.91 Å². The maximum absolute atomic E-state index is 13.6.